The molecule has 9 nitrogen and oxygen atoms in total. The van der Waals surface area contributed by atoms with Crippen LogP contribution in [0, 0.1) is 0 Å². The Kier molecular flexibility index (Phi) is 5.80. The predicted molar refractivity (Wildman–Crippen MR) is 72.7 cm³/mol. The van der Waals surface area contributed by atoms with Crippen LogP contribution in [-0.2, 0) is 14.3 Å². The van der Waals surface area contributed by atoms with Crippen LogP contribution < -0.4 is 0 Å². The number of carbonyl (C=O) groups excluding carboxylic acids is 1. The molecule has 0 aromatic heterocycles. The Balaban J connectivity index is 2.60. The minimum atomic E-state index is -1.07. The monoisotopic (exact) mass is 300 g/mol. The summed E-state index contributed by atoms with van der Waals surface area (Å²) >= 11 is 0. The zero-order chi connectivity index (χ0) is 16.0. The normalized spacial score (nSPS) is 22.3. The number of piperidine rings is 1. The molecule has 1 aliphatic heterocycles. The summed E-state index contributed by atoms with van der Waals surface area (Å²) in [5, 5.41) is 12.6. The van der Waals surface area contributed by atoms with Crippen molar-refractivity contribution in [3.63, 3.8) is 0 Å². The molecule has 1 amide bonds. The van der Waals surface area contributed by atoms with Gasteiger partial charge in [-0.2, -0.15) is 0 Å². The minimum absolute atomic E-state index is 0.0574. The Morgan fingerprint density at radius 3 is 2.67 bits per heavy atom. The first-order chi connectivity index (χ1) is 9.73. The third-order valence-corrected chi connectivity index (χ3v) is 2.83. The molecule has 0 bridgehead atoms. The molecule has 0 radical (unpaired) electrons. The molecule has 2 atom stereocenters. The largest absolute Gasteiger partial charge is 0.465 e. The van der Waals surface area contributed by atoms with Crippen molar-refractivity contribution in [2.75, 3.05) is 19.7 Å². The van der Waals surface area contributed by atoms with Gasteiger partial charge in [-0.1, -0.05) is 5.11 Å². The molecule has 0 saturated carbocycles. The van der Waals surface area contributed by atoms with E-state index < -0.39 is 29.8 Å². The van der Waals surface area contributed by atoms with Crippen molar-refractivity contribution in [2.24, 2.45) is 5.11 Å². The first kappa shape index (κ1) is 17.1. The van der Waals surface area contributed by atoms with Gasteiger partial charge in [-0.15, -0.1) is 0 Å². The first-order valence-corrected chi connectivity index (χ1v) is 6.58. The fourth-order valence-electron chi connectivity index (χ4n) is 1.99. The highest BCUT2D eigenvalue weighted by atomic mass is 16.6. The van der Waals surface area contributed by atoms with Gasteiger partial charge in [0.2, 0.25) is 0 Å². The zero-order valence-corrected chi connectivity index (χ0v) is 12.4. The summed E-state index contributed by atoms with van der Waals surface area (Å²) in [5.74, 6) is -0.547. The predicted octanol–water partition coefficient (Wildman–Crippen LogP) is 1.78. The highest BCUT2D eigenvalue weighted by Gasteiger charge is 2.32. The molecule has 2 unspecified atom stereocenters. The van der Waals surface area contributed by atoms with Crippen LogP contribution in [-0.4, -0.2) is 59.5 Å². The summed E-state index contributed by atoms with van der Waals surface area (Å²) in [5.41, 5.74) is 7.90. The lowest BCUT2D eigenvalue weighted by Crippen LogP contribution is -2.49. The summed E-state index contributed by atoms with van der Waals surface area (Å²) in [6.07, 6.45) is -1.37. The number of hydrogen-bond acceptors (Lipinski definition) is 5. The first-order valence-electron chi connectivity index (χ1n) is 6.58. The van der Waals surface area contributed by atoms with Crippen molar-refractivity contribution in [2.45, 2.75) is 44.9 Å². The van der Waals surface area contributed by atoms with Crippen LogP contribution >= 0.6 is 0 Å². The van der Waals surface area contributed by atoms with E-state index in [0.717, 1.165) is 0 Å². The quantitative estimate of drug-likeness (QED) is 0.366. The molecular weight excluding hydrogens is 280 g/mol. The van der Waals surface area contributed by atoms with Crippen LogP contribution in [0.1, 0.15) is 27.2 Å². The van der Waals surface area contributed by atoms with Gasteiger partial charge < -0.3 is 19.5 Å². The highest BCUT2D eigenvalue weighted by Crippen LogP contribution is 2.18. The van der Waals surface area contributed by atoms with Crippen molar-refractivity contribution in [3.05, 3.63) is 10.4 Å². The van der Waals surface area contributed by atoms with Gasteiger partial charge >= 0.3 is 12.1 Å². The molecule has 21 heavy (non-hydrogen) atoms. The molecule has 0 aromatic carbocycles. The number of carboxylic acid groups (broad SMARTS) is 1. The van der Waals surface area contributed by atoms with Gasteiger partial charge in [0.1, 0.15) is 12.2 Å². The van der Waals surface area contributed by atoms with Crippen molar-refractivity contribution in [1.82, 2.24) is 4.90 Å². The number of hydrogen-bond donors (Lipinski definition) is 1. The fourth-order valence-corrected chi connectivity index (χ4v) is 1.99. The van der Waals surface area contributed by atoms with E-state index in [1.807, 2.05) is 0 Å². The second-order valence-corrected chi connectivity index (χ2v) is 5.73. The van der Waals surface area contributed by atoms with E-state index in [1.54, 1.807) is 20.8 Å². The van der Waals surface area contributed by atoms with Crippen molar-refractivity contribution < 1.29 is 24.2 Å². The Labute approximate surface area is 122 Å². The number of nitrogens with zero attached hydrogens (tertiary/aromatic N) is 4. The van der Waals surface area contributed by atoms with Gasteiger partial charge in [0, 0.05) is 11.5 Å². The topological polar surface area (TPSA) is 125 Å². The van der Waals surface area contributed by atoms with Crippen molar-refractivity contribution in [3.8, 4) is 0 Å². The summed E-state index contributed by atoms with van der Waals surface area (Å²) in [6.45, 7) is 5.22. The number of amides is 1. The fraction of sp³-hybridized carbons (Fsp3) is 0.833. The van der Waals surface area contributed by atoms with E-state index in [4.69, 9.17) is 20.1 Å². The average molecular weight is 300 g/mol. The number of carbonyl (C=O) groups is 2. The number of rotatable bonds is 4. The third-order valence-electron chi connectivity index (χ3n) is 2.83. The number of azide groups is 1. The maximum Gasteiger partial charge on any atom is 0.407 e. The van der Waals surface area contributed by atoms with Crippen molar-refractivity contribution in [1.29, 1.82) is 0 Å². The smallest absolute Gasteiger partial charge is 0.407 e. The SMILES string of the molecule is CC(C)(C)OC(=O)COC1CN(C(=O)O)CCC1N=[N+]=[N-]. The summed E-state index contributed by atoms with van der Waals surface area (Å²) < 4.78 is 10.5. The average Bonchev–Trinajstić information content (AvgIpc) is 2.35. The maximum atomic E-state index is 11.6. The van der Waals surface area contributed by atoms with Gasteiger partial charge in [-0.3, -0.25) is 0 Å². The molecule has 9 heteroatoms. The lowest BCUT2D eigenvalue weighted by atomic mass is 10.0. The van der Waals surface area contributed by atoms with E-state index in [1.165, 1.54) is 4.90 Å². The van der Waals surface area contributed by atoms with Gasteiger partial charge in [-0.25, -0.2) is 9.59 Å². The lowest BCUT2D eigenvalue weighted by molar-refractivity contribution is -0.163. The van der Waals surface area contributed by atoms with Crippen LogP contribution in [0.2, 0.25) is 0 Å². The molecule has 1 rings (SSSR count). The number of likely N-dealkylation sites (tertiary alicyclic amines) is 1. The van der Waals surface area contributed by atoms with Crippen LogP contribution in [0.4, 0.5) is 4.79 Å². The minimum Gasteiger partial charge on any atom is -0.465 e. The van der Waals surface area contributed by atoms with E-state index in [-0.39, 0.29) is 19.7 Å². The molecule has 1 fully saturated rings. The summed E-state index contributed by atoms with van der Waals surface area (Å²) in [6, 6.07) is -0.493. The molecule has 1 N–H and O–H groups in total. The summed E-state index contributed by atoms with van der Waals surface area (Å²) in [7, 11) is 0. The van der Waals surface area contributed by atoms with Crippen LogP contribution in [0.25, 0.3) is 10.4 Å². The molecule has 0 aliphatic carbocycles. The van der Waals surface area contributed by atoms with E-state index in [0.29, 0.717) is 6.42 Å². The van der Waals surface area contributed by atoms with E-state index in [2.05, 4.69) is 10.0 Å². The molecule has 1 aliphatic rings. The second kappa shape index (κ2) is 7.14. The Morgan fingerprint density at radius 2 is 2.14 bits per heavy atom. The lowest BCUT2D eigenvalue weighted by Gasteiger charge is -2.34. The molecular formula is C12H20N4O5. The van der Waals surface area contributed by atoms with Crippen molar-refractivity contribution >= 4 is 12.1 Å². The van der Waals surface area contributed by atoms with Gasteiger partial charge in [-0.05, 0) is 32.7 Å². The number of ether oxygens (including phenoxy) is 2. The van der Waals surface area contributed by atoms with Crippen LogP contribution in [0.15, 0.2) is 5.11 Å². The Morgan fingerprint density at radius 1 is 1.48 bits per heavy atom. The Hall–Kier alpha value is -1.99. The molecule has 1 heterocycles. The second-order valence-electron chi connectivity index (χ2n) is 5.73. The molecule has 1 saturated heterocycles. The maximum absolute atomic E-state index is 11.6. The molecule has 118 valence electrons. The molecule has 0 spiro atoms. The molecule has 0 aromatic rings. The van der Waals surface area contributed by atoms with Gasteiger partial charge in [0.15, 0.2) is 0 Å². The zero-order valence-electron chi connectivity index (χ0n) is 12.4. The summed E-state index contributed by atoms with van der Waals surface area (Å²) in [4.78, 5) is 26.5. The third kappa shape index (κ3) is 5.88. The highest BCUT2D eigenvalue weighted by molar-refractivity contribution is 5.71. The van der Waals surface area contributed by atoms with E-state index >= 15 is 0 Å². The van der Waals surface area contributed by atoms with Gasteiger partial charge in [0.25, 0.3) is 0 Å². The number of esters is 1. The van der Waals surface area contributed by atoms with Crippen LogP contribution in [0.5, 0.6) is 0 Å². The van der Waals surface area contributed by atoms with E-state index in [9.17, 15) is 9.59 Å². The van der Waals surface area contributed by atoms with Gasteiger partial charge in [0.05, 0.1) is 18.7 Å². The van der Waals surface area contributed by atoms with Crippen LogP contribution in [0.3, 0.4) is 0 Å². The Bertz CT molecular complexity index is 441. The standard InChI is InChI=1S/C12H20N4O5/c1-12(2,3)21-10(17)7-20-9-6-16(11(18)19)5-4-8(9)14-15-13/h8-9H,4-7H2,1-3H3,(H,18,19).